The first-order valence-corrected chi connectivity index (χ1v) is 6.54. The van der Waals surface area contributed by atoms with E-state index in [4.69, 9.17) is 17.0 Å². The second-order valence-corrected chi connectivity index (χ2v) is 4.68. The standard InChI is InChI=1S/C14H14N2OS/c1-2-17-13-11-8-7-9-5-3-4-6-10(9)12(11)15-14(18)16-13/h3-6H,2,7-8H2,1H3,(H,15,16,18). The molecule has 0 spiro atoms. The third kappa shape index (κ3) is 1.82. The van der Waals surface area contributed by atoms with Gasteiger partial charge >= 0.3 is 0 Å². The topological polar surface area (TPSA) is 37.9 Å². The molecule has 1 aliphatic carbocycles. The maximum atomic E-state index is 5.60. The third-order valence-electron chi connectivity index (χ3n) is 3.21. The lowest BCUT2D eigenvalue weighted by molar-refractivity contribution is 0.321. The molecule has 3 rings (SSSR count). The van der Waals surface area contributed by atoms with Crippen LogP contribution in [0.5, 0.6) is 5.88 Å². The third-order valence-corrected chi connectivity index (χ3v) is 3.40. The number of aryl methyl sites for hydroxylation is 1. The van der Waals surface area contributed by atoms with Gasteiger partial charge in [-0.05, 0) is 37.5 Å². The van der Waals surface area contributed by atoms with E-state index in [2.05, 4.69) is 28.2 Å². The van der Waals surface area contributed by atoms with Crippen molar-refractivity contribution in [1.82, 2.24) is 9.97 Å². The number of nitrogens with one attached hydrogen (secondary N) is 1. The van der Waals surface area contributed by atoms with E-state index in [1.165, 1.54) is 11.1 Å². The van der Waals surface area contributed by atoms with E-state index in [9.17, 15) is 0 Å². The van der Waals surface area contributed by atoms with E-state index in [0.717, 1.165) is 24.1 Å². The van der Waals surface area contributed by atoms with Crippen LogP contribution in [0.1, 0.15) is 18.1 Å². The largest absolute Gasteiger partial charge is 0.478 e. The van der Waals surface area contributed by atoms with E-state index in [1.807, 2.05) is 13.0 Å². The summed E-state index contributed by atoms with van der Waals surface area (Å²) in [7, 11) is 0. The number of nitrogens with zero attached hydrogens (tertiary/aromatic N) is 1. The minimum absolute atomic E-state index is 0.480. The quantitative estimate of drug-likeness (QED) is 0.840. The molecule has 0 radical (unpaired) electrons. The Kier molecular flexibility index (Phi) is 2.88. The highest BCUT2D eigenvalue weighted by Crippen LogP contribution is 2.35. The first-order valence-electron chi connectivity index (χ1n) is 6.14. The van der Waals surface area contributed by atoms with Crippen molar-refractivity contribution in [2.45, 2.75) is 19.8 Å². The maximum Gasteiger partial charge on any atom is 0.221 e. The number of aromatic nitrogens is 2. The summed E-state index contributed by atoms with van der Waals surface area (Å²) in [5.41, 5.74) is 4.78. The van der Waals surface area contributed by atoms with Crippen LogP contribution in [0.3, 0.4) is 0 Å². The van der Waals surface area contributed by atoms with Crippen LogP contribution in [0, 0.1) is 4.77 Å². The van der Waals surface area contributed by atoms with Gasteiger partial charge in [-0.25, -0.2) is 0 Å². The molecule has 0 saturated heterocycles. The van der Waals surface area contributed by atoms with Gasteiger partial charge in [0, 0.05) is 11.1 Å². The number of hydrogen-bond acceptors (Lipinski definition) is 3. The summed E-state index contributed by atoms with van der Waals surface area (Å²) in [6, 6.07) is 8.40. The van der Waals surface area contributed by atoms with Crippen molar-refractivity contribution in [2.75, 3.05) is 6.61 Å². The van der Waals surface area contributed by atoms with Crippen LogP contribution in [0.15, 0.2) is 24.3 Å². The molecule has 1 aliphatic rings. The van der Waals surface area contributed by atoms with Crippen LogP contribution in [0.25, 0.3) is 11.3 Å². The first kappa shape index (κ1) is 11.4. The molecule has 0 saturated carbocycles. The molecule has 0 amide bonds. The summed E-state index contributed by atoms with van der Waals surface area (Å²) in [6.07, 6.45) is 1.97. The molecule has 1 aromatic carbocycles. The fourth-order valence-corrected chi connectivity index (χ4v) is 2.62. The zero-order valence-corrected chi connectivity index (χ0v) is 11.0. The van der Waals surface area contributed by atoms with E-state index in [-0.39, 0.29) is 0 Å². The zero-order chi connectivity index (χ0) is 12.5. The highest BCUT2D eigenvalue weighted by Gasteiger charge is 2.20. The fraction of sp³-hybridized carbons (Fsp3) is 0.286. The predicted molar refractivity (Wildman–Crippen MR) is 73.4 cm³/mol. The molecule has 92 valence electrons. The lowest BCUT2D eigenvalue weighted by Crippen LogP contribution is -2.10. The first-order chi connectivity index (χ1) is 8.79. The van der Waals surface area contributed by atoms with Crippen molar-refractivity contribution >= 4 is 12.2 Å². The molecule has 2 aromatic rings. The van der Waals surface area contributed by atoms with Crippen LogP contribution in [-0.4, -0.2) is 16.6 Å². The minimum atomic E-state index is 0.480. The summed E-state index contributed by atoms with van der Waals surface area (Å²) in [6.45, 7) is 2.57. The molecule has 0 unspecified atom stereocenters. The Morgan fingerprint density at radius 2 is 2.17 bits per heavy atom. The summed E-state index contributed by atoms with van der Waals surface area (Å²) >= 11 is 5.18. The highest BCUT2D eigenvalue weighted by molar-refractivity contribution is 7.71. The lowest BCUT2D eigenvalue weighted by atomic mass is 9.89. The van der Waals surface area contributed by atoms with Crippen molar-refractivity contribution in [2.24, 2.45) is 0 Å². The Morgan fingerprint density at radius 1 is 1.33 bits per heavy atom. The number of aromatic amines is 1. The van der Waals surface area contributed by atoms with Crippen molar-refractivity contribution in [3.8, 4) is 17.1 Å². The number of ether oxygens (including phenoxy) is 1. The van der Waals surface area contributed by atoms with E-state index < -0.39 is 0 Å². The molecular formula is C14H14N2OS. The van der Waals surface area contributed by atoms with E-state index in [1.54, 1.807) is 0 Å². The lowest BCUT2D eigenvalue weighted by Gasteiger charge is -2.21. The molecular weight excluding hydrogens is 244 g/mol. The summed E-state index contributed by atoms with van der Waals surface area (Å²) in [5.74, 6) is 0.686. The fourth-order valence-electron chi connectivity index (χ4n) is 2.44. The number of rotatable bonds is 2. The van der Waals surface area contributed by atoms with Gasteiger partial charge in [0.2, 0.25) is 10.7 Å². The van der Waals surface area contributed by atoms with Crippen LogP contribution in [0.4, 0.5) is 0 Å². The van der Waals surface area contributed by atoms with E-state index >= 15 is 0 Å². The predicted octanol–water partition coefficient (Wildman–Crippen LogP) is 3.30. The van der Waals surface area contributed by atoms with Crippen LogP contribution < -0.4 is 4.74 Å². The van der Waals surface area contributed by atoms with Gasteiger partial charge in [-0.2, -0.15) is 4.98 Å². The summed E-state index contributed by atoms with van der Waals surface area (Å²) in [4.78, 5) is 7.49. The summed E-state index contributed by atoms with van der Waals surface area (Å²) < 4.78 is 6.08. The smallest absolute Gasteiger partial charge is 0.221 e. The molecule has 18 heavy (non-hydrogen) atoms. The van der Waals surface area contributed by atoms with Crippen LogP contribution in [0.2, 0.25) is 0 Å². The Hall–Kier alpha value is -1.68. The average molecular weight is 258 g/mol. The van der Waals surface area contributed by atoms with Crippen molar-refractivity contribution < 1.29 is 4.74 Å². The van der Waals surface area contributed by atoms with Gasteiger partial charge in [-0.1, -0.05) is 24.3 Å². The molecule has 1 heterocycles. The van der Waals surface area contributed by atoms with Gasteiger partial charge in [0.05, 0.1) is 12.3 Å². The molecule has 4 heteroatoms. The van der Waals surface area contributed by atoms with E-state index in [0.29, 0.717) is 17.3 Å². The van der Waals surface area contributed by atoms with Gasteiger partial charge in [0.25, 0.3) is 0 Å². The van der Waals surface area contributed by atoms with Crippen molar-refractivity contribution in [3.63, 3.8) is 0 Å². The van der Waals surface area contributed by atoms with Crippen LogP contribution >= 0.6 is 12.2 Å². The molecule has 0 fully saturated rings. The Morgan fingerprint density at radius 3 is 3.00 bits per heavy atom. The second-order valence-electron chi connectivity index (χ2n) is 4.29. The van der Waals surface area contributed by atoms with Crippen molar-refractivity contribution in [3.05, 3.63) is 40.2 Å². The number of H-pyrrole nitrogens is 1. The molecule has 0 bridgehead atoms. The van der Waals surface area contributed by atoms with Gasteiger partial charge < -0.3 is 9.72 Å². The van der Waals surface area contributed by atoms with Gasteiger partial charge in [-0.15, -0.1) is 0 Å². The van der Waals surface area contributed by atoms with Crippen LogP contribution in [-0.2, 0) is 12.8 Å². The van der Waals surface area contributed by atoms with Crippen molar-refractivity contribution in [1.29, 1.82) is 0 Å². The molecule has 3 nitrogen and oxygen atoms in total. The monoisotopic (exact) mass is 258 g/mol. The molecule has 1 N–H and O–H groups in total. The number of hydrogen-bond donors (Lipinski definition) is 1. The molecule has 1 aromatic heterocycles. The van der Waals surface area contributed by atoms with Gasteiger partial charge in [-0.3, -0.25) is 0 Å². The Bertz CT molecular complexity index is 648. The Labute approximate surface area is 111 Å². The molecule has 0 aliphatic heterocycles. The van der Waals surface area contributed by atoms with Gasteiger partial charge in [0.15, 0.2) is 0 Å². The normalized spacial score (nSPS) is 12.7. The summed E-state index contributed by atoms with van der Waals surface area (Å²) in [5, 5.41) is 0. The number of benzene rings is 1. The Balaban J connectivity index is 2.25. The highest BCUT2D eigenvalue weighted by atomic mass is 32.1. The van der Waals surface area contributed by atoms with Gasteiger partial charge in [0.1, 0.15) is 0 Å². The second kappa shape index (κ2) is 4.53. The SMILES string of the molecule is CCOc1nc(=S)[nH]c2c1CCc1ccccc1-2. The molecule has 0 atom stereocenters. The minimum Gasteiger partial charge on any atom is -0.478 e. The zero-order valence-electron chi connectivity index (χ0n) is 10.2. The maximum absolute atomic E-state index is 5.60. The average Bonchev–Trinajstić information content (AvgIpc) is 2.39. The number of fused-ring (bicyclic) bond motifs is 3.